The Morgan fingerprint density at radius 1 is 1.88 bits per heavy atom. The molecule has 1 atom stereocenters. The van der Waals surface area contributed by atoms with Gasteiger partial charge in [-0.2, -0.15) is 0 Å². The molecule has 8 heavy (non-hydrogen) atoms. The van der Waals surface area contributed by atoms with Gasteiger partial charge in [-0.1, -0.05) is 0 Å². The van der Waals surface area contributed by atoms with E-state index in [0.29, 0.717) is 0 Å². The minimum Gasteiger partial charge on any atom is -0.480 e. The summed E-state index contributed by atoms with van der Waals surface area (Å²) >= 11 is 0. The molecule has 48 valence electrons. The summed E-state index contributed by atoms with van der Waals surface area (Å²) in [5.74, 6) is 3.72. The fourth-order valence-electron chi connectivity index (χ4n) is 0.214. The lowest BCUT2D eigenvalue weighted by Gasteiger charge is -2.01. The first-order valence-electron chi connectivity index (χ1n) is 2.10. The Balaban J connectivity index is 3.32. The van der Waals surface area contributed by atoms with Gasteiger partial charge in [0.2, 0.25) is 0 Å². The average molecular weight is 119 g/mol. The van der Waals surface area contributed by atoms with Crippen molar-refractivity contribution >= 4 is 5.97 Å². The van der Waals surface area contributed by atoms with E-state index in [1.165, 1.54) is 0 Å². The SMILES string of the molecule is NNC[C@@H](N)C(=O)O. The maximum Gasteiger partial charge on any atom is 0.321 e. The topological polar surface area (TPSA) is 101 Å². The van der Waals surface area contributed by atoms with Gasteiger partial charge in [-0.05, 0) is 0 Å². The van der Waals surface area contributed by atoms with E-state index in [0.717, 1.165) is 0 Å². The number of hydrazine groups is 1. The van der Waals surface area contributed by atoms with E-state index in [-0.39, 0.29) is 6.54 Å². The Hall–Kier alpha value is -0.650. The molecule has 0 aliphatic carbocycles. The van der Waals surface area contributed by atoms with Gasteiger partial charge in [0.1, 0.15) is 6.04 Å². The number of rotatable bonds is 3. The van der Waals surface area contributed by atoms with Crippen LogP contribution in [0.25, 0.3) is 0 Å². The number of nitrogens with two attached hydrogens (primary N) is 2. The van der Waals surface area contributed by atoms with E-state index in [2.05, 4.69) is 5.43 Å². The van der Waals surface area contributed by atoms with Crippen LogP contribution in [0, 0.1) is 0 Å². The number of carboxylic acid groups (broad SMARTS) is 1. The lowest BCUT2D eigenvalue weighted by atomic mass is 10.3. The molecule has 0 heterocycles. The summed E-state index contributed by atoms with van der Waals surface area (Å²) in [5, 5.41) is 8.09. The van der Waals surface area contributed by atoms with Gasteiger partial charge >= 0.3 is 5.97 Å². The van der Waals surface area contributed by atoms with E-state index in [1.807, 2.05) is 0 Å². The average Bonchev–Trinajstić information content (AvgIpc) is 1.67. The smallest absolute Gasteiger partial charge is 0.321 e. The number of carbonyl (C=O) groups is 1. The number of hydrogen-bond donors (Lipinski definition) is 4. The van der Waals surface area contributed by atoms with E-state index in [9.17, 15) is 4.79 Å². The second-order valence-electron chi connectivity index (χ2n) is 1.35. The van der Waals surface area contributed by atoms with Gasteiger partial charge in [-0.25, -0.2) is 0 Å². The van der Waals surface area contributed by atoms with Crippen LogP contribution in [0.5, 0.6) is 0 Å². The molecule has 0 bridgehead atoms. The Kier molecular flexibility index (Phi) is 3.09. The van der Waals surface area contributed by atoms with E-state index in [4.69, 9.17) is 16.7 Å². The summed E-state index contributed by atoms with van der Waals surface area (Å²) in [5.41, 5.74) is 7.13. The summed E-state index contributed by atoms with van der Waals surface area (Å²) in [6, 6.07) is -0.903. The molecule has 5 heteroatoms. The number of aliphatic carboxylic acids is 1. The molecule has 0 aromatic rings. The molecule has 0 fully saturated rings. The van der Waals surface area contributed by atoms with Crippen LogP contribution >= 0.6 is 0 Å². The third-order valence-corrected chi connectivity index (χ3v) is 0.655. The maximum atomic E-state index is 9.87. The van der Waals surface area contributed by atoms with E-state index < -0.39 is 12.0 Å². The fourth-order valence-corrected chi connectivity index (χ4v) is 0.214. The lowest BCUT2D eigenvalue weighted by Crippen LogP contribution is -2.42. The molecule has 0 aliphatic rings. The third-order valence-electron chi connectivity index (χ3n) is 0.655. The number of nitrogens with one attached hydrogen (secondary N) is 1. The Morgan fingerprint density at radius 2 is 2.38 bits per heavy atom. The van der Waals surface area contributed by atoms with Crippen molar-refractivity contribution in [3.8, 4) is 0 Å². The van der Waals surface area contributed by atoms with Crippen molar-refractivity contribution in [3.05, 3.63) is 0 Å². The third kappa shape index (κ3) is 2.51. The van der Waals surface area contributed by atoms with Gasteiger partial charge in [-0.3, -0.25) is 16.1 Å². The molecule has 0 aromatic carbocycles. The maximum absolute atomic E-state index is 9.87. The van der Waals surface area contributed by atoms with Gasteiger partial charge < -0.3 is 10.8 Å². The molecule has 5 nitrogen and oxygen atoms in total. The summed E-state index contributed by atoms with van der Waals surface area (Å²) < 4.78 is 0. The second kappa shape index (κ2) is 3.36. The summed E-state index contributed by atoms with van der Waals surface area (Å²) in [7, 11) is 0. The molecule has 0 aromatic heterocycles. The number of hydrogen-bond acceptors (Lipinski definition) is 4. The highest BCUT2D eigenvalue weighted by molar-refractivity contribution is 5.73. The molecule has 0 aliphatic heterocycles. The molecular weight excluding hydrogens is 110 g/mol. The predicted molar refractivity (Wildman–Crippen MR) is 27.8 cm³/mol. The largest absolute Gasteiger partial charge is 0.480 e. The molecule has 0 radical (unpaired) electrons. The first-order chi connectivity index (χ1) is 3.68. The molecule has 6 N–H and O–H groups in total. The molecule has 0 rings (SSSR count). The summed E-state index contributed by atoms with van der Waals surface area (Å²) in [6.07, 6.45) is 0. The highest BCUT2D eigenvalue weighted by Gasteiger charge is 2.08. The van der Waals surface area contributed by atoms with Crippen LogP contribution in [0.15, 0.2) is 0 Å². The quantitative estimate of drug-likeness (QED) is 0.251. The molecule has 0 saturated carbocycles. The van der Waals surface area contributed by atoms with Crippen LogP contribution in [-0.2, 0) is 4.79 Å². The molecule has 0 spiro atoms. The van der Waals surface area contributed by atoms with Crippen LogP contribution in [0.4, 0.5) is 0 Å². The first kappa shape index (κ1) is 7.35. The zero-order valence-electron chi connectivity index (χ0n) is 4.29. The second-order valence-corrected chi connectivity index (χ2v) is 1.35. The molecule has 0 unspecified atom stereocenters. The van der Waals surface area contributed by atoms with Gasteiger partial charge in [0.15, 0.2) is 0 Å². The lowest BCUT2D eigenvalue weighted by molar-refractivity contribution is -0.138. The van der Waals surface area contributed by atoms with Crippen LogP contribution in [0.3, 0.4) is 0 Å². The van der Waals surface area contributed by atoms with Crippen molar-refractivity contribution in [1.29, 1.82) is 0 Å². The summed E-state index contributed by atoms with van der Waals surface area (Å²) in [4.78, 5) is 9.87. The van der Waals surface area contributed by atoms with Crippen LogP contribution in [0.2, 0.25) is 0 Å². The first-order valence-corrected chi connectivity index (χ1v) is 2.10. The summed E-state index contributed by atoms with van der Waals surface area (Å²) in [6.45, 7) is 0.0926. The Morgan fingerprint density at radius 3 is 2.50 bits per heavy atom. The molecule has 0 saturated heterocycles. The minimum absolute atomic E-state index is 0.0926. The minimum atomic E-state index is -1.05. The standard InChI is InChI=1S/C3H9N3O2/c4-2(1-6-5)3(7)8/h2,6H,1,4-5H2,(H,7,8)/t2-/m1/s1. The number of carboxylic acids is 1. The highest BCUT2D eigenvalue weighted by Crippen LogP contribution is 1.70. The fraction of sp³-hybridized carbons (Fsp3) is 0.667. The zero-order valence-corrected chi connectivity index (χ0v) is 4.29. The van der Waals surface area contributed by atoms with Crippen molar-refractivity contribution in [2.75, 3.05) is 6.54 Å². The normalized spacial score (nSPS) is 13.2. The van der Waals surface area contributed by atoms with E-state index >= 15 is 0 Å². The Labute approximate surface area is 46.6 Å². The van der Waals surface area contributed by atoms with Gasteiger partial charge in [0.05, 0.1) is 0 Å². The van der Waals surface area contributed by atoms with Crippen LogP contribution in [-0.4, -0.2) is 23.7 Å². The molecule has 0 amide bonds. The Bertz CT molecular complexity index is 84.6. The zero-order chi connectivity index (χ0) is 6.57. The van der Waals surface area contributed by atoms with E-state index in [1.54, 1.807) is 0 Å². The van der Waals surface area contributed by atoms with Gasteiger partial charge in [0, 0.05) is 6.54 Å². The monoisotopic (exact) mass is 119 g/mol. The van der Waals surface area contributed by atoms with Crippen LogP contribution in [0.1, 0.15) is 0 Å². The van der Waals surface area contributed by atoms with Gasteiger partial charge in [-0.15, -0.1) is 0 Å². The van der Waals surface area contributed by atoms with Crippen molar-refractivity contribution in [1.82, 2.24) is 5.43 Å². The van der Waals surface area contributed by atoms with Crippen molar-refractivity contribution in [2.24, 2.45) is 11.6 Å². The molecular formula is C3H9N3O2. The predicted octanol–water partition coefficient (Wildman–Crippen LogP) is -2.14. The van der Waals surface area contributed by atoms with Gasteiger partial charge in [0.25, 0.3) is 0 Å². The van der Waals surface area contributed by atoms with Crippen molar-refractivity contribution in [3.63, 3.8) is 0 Å². The highest BCUT2D eigenvalue weighted by atomic mass is 16.4. The van der Waals surface area contributed by atoms with Crippen molar-refractivity contribution < 1.29 is 9.90 Å². The van der Waals surface area contributed by atoms with Crippen molar-refractivity contribution in [2.45, 2.75) is 6.04 Å². The van der Waals surface area contributed by atoms with Crippen LogP contribution < -0.4 is 17.0 Å².